The second kappa shape index (κ2) is 7.67. The van der Waals surface area contributed by atoms with Crippen LogP contribution in [0.15, 0.2) is 29.2 Å². The zero-order valence-electron chi connectivity index (χ0n) is 8.47. The number of hydrogen-bond acceptors (Lipinski definition) is 4. The van der Waals surface area contributed by atoms with Crippen LogP contribution in [0.4, 0.5) is 5.69 Å². The summed E-state index contributed by atoms with van der Waals surface area (Å²) in [5, 5.41) is 8.33. The molecule has 3 nitrogen and oxygen atoms in total. The Morgan fingerprint density at radius 2 is 2.07 bits per heavy atom. The van der Waals surface area contributed by atoms with Crippen LogP contribution in [0.5, 0.6) is 0 Å². The third-order valence-electron chi connectivity index (χ3n) is 1.34. The van der Waals surface area contributed by atoms with Crippen molar-refractivity contribution in [3.8, 4) is 0 Å². The highest BCUT2D eigenvalue weighted by Crippen LogP contribution is 2.13. The lowest BCUT2D eigenvalue weighted by atomic mass is 10.3. The van der Waals surface area contributed by atoms with Crippen molar-refractivity contribution in [2.24, 2.45) is 0 Å². The molecule has 0 bridgehead atoms. The van der Waals surface area contributed by atoms with Gasteiger partial charge < -0.3 is 15.6 Å². The van der Waals surface area contributed by atoms with Crippen LogP contribution in [0.2, 0.25) is 0 Å². The molecule has 0 aromatic heterocycles. The van der Waals surface area contributed by atoms with E-state index in [9.17, 15) is 0 Å². The summed E-state index contributed by atoms with van der Waals surface area (Å²) in [4.78, 5) is 0.840. The fourth-order valence-corrected chi connectivity index (χ4v) is 0.889. The summed E-state index contributed by atoms with van der Waals surface area (Å²) in [6.07, 6.45) is -0.602. The molecule has 0 saturated carbocycles. The smallest absolute Gasteiger partial charge is 0.151 e. The normalized spacial score (nSPS) is 11.4. The summed E-state index contributed by atoms with van der Waals surface area (Å²) in [5.41, 5.74) is 6.18. The summed E-state index contributed by atoms with van der Waals surface area (Å²) in [7, 11) is 0. The number of aliphatic hydroxyl groups is 1. The molecule has 0 aliphatic carbocycles. The molecule has 4 heteroatoms. The summed E-state index contributed by atoms with van der Waals surface area (Å²) in [5.74, 6) is 0. The lowest BCUT2D eigenvalue weighted by Gasteiger charge is -1.99. The summed E-state index contributed by atoms with van der Waals surface area (Å²) in [6, 6.07) is 7.47. The molecule has 14 heavy (non-hydrogen) atoms. The number of nitrogen functional groups attached to an aromatic ring is 1. The molecule has 0 spiro atoms. The molecule has 1 aromatic rings. The van der Waals surface area contributed by atoms with Crippen LogP contribution in [-0.2, 0) is 4.74 Å². The summed E-state index contributed by atoms with van der Waals surface area (Å²) in [6.45, 7) is 4.01. The van der Waals surface area contributed by atoms with Crippen molar-refractivity contribution in [2.75, 3.05) is 12.3 Å². The molecule has 0 aliphatic heterocycles. The minimum Gasteiger partial charge on any atom is -0.398 e. The van der Waals surface area contributed by atoms with Gasteiger partial charge in [0.1, 0.15) is 0 Å². The molecule has 0 fully saturated rings. The van der Waals surface area contributed by atoms with E-state index in [4.69, 9.17) is 10.8 Å². The number of hydrogen-bond donors (Lipinski definition) is 3. The number of ether oxygens (including phenoxy) is 1. The number of para-hydroxylation sites is 1. The van der Waals surface area contributed by atoms with Gasteiger partial charge in [0.25, 0.3) is 0 Å². The maximum Gasteiger partial charge on any atom is 0.151 e. The van der Waals surface area contributed by atoms with Gasteiger partial charge in [-0.15, -0.1) is 12.6 Å². The predicted octanol–water partition coefficient (Wildman–Crippen LogP) is 1.92. The fraction of sp³-hybridized carbons (Fsp3) is 0.400. The van der Waals surface area contributed by atoms with Crippen LogP contribution < -0.4 is 5.73 Å². The third kappa shape index (κ3) is 6.77. The molecule has 1 aromatic carbocycles. The van der Waals surface area contributed by atoms with E-state index >= 15 is 0 Å². The summed E-state index contributed by atoms with van der Waals surface area (Å²) < 4.78 is 4.60. The number of benzene rings is 1. The van der Waals surface area contributed by atoms with Crippen LogP contribution in [0, 0.1) is 0 Å². The van der Waals surface area contributed by atoms with E-state index in [-0.39, 0.29) is 0 Å². The van der Waals surface area contributed by atoms with Gasteiger partial charge in [0.05, 0.1) is 0 Å². The Balaban J connectivity index is 0.000000255. The van der Waals surface area contributed by atoms with Crippen molar-refractivity contribution in [1.82, 2.24) is 0 Å². The molecule has 0 saturated heterocycles. The van der Waals surface area contributed by atoms with E-state index in [2.05, 4.69) is 17.4 Å². The zero-order chi connectivity index (χ0) is 11.0. The van der Waals surface area contributed by atoms with Gasteiger partial charge in [-0.1, -0.05) is 12.1 Å². The maximum atomic E-state index is 8.33. The van der Waals surface area contributed by atoms with E-state index in [1.807, 2.05) is 31.2 Å². The van der Waals surface area contributed by atoms with E-state index in [0.29, 0.717) is 6.61 Å². The minimum absolute atomic E-state index is 0.581. The van der Waals surface area contributed by atoms with Crippen molar-refractivity contribution >= 4 is 18.3 Å². The predicted molar refractivity (Wildman–Crippen MR) is 61.4 cm³/mol. The molecule has 0 radical (unpaired) electrons. The monoisotopic (exact) mass is 215 g/mol. The first-order valence-electron chi connectivity index (χ1n) is 4.41. The van der Waals surface area contributed by atoms with Gasteiger partial charge >= 0.3 is 0 Å². The third-order valence-corrected chi connectivity index (χ3v) is 1.75. The number of rotatable bonds is 2. The highest BCUT2D eigenvalue weighted by atomic mass is 32.1. The Labute approximate surface area is 90.3 Å². The number of anilines is 1. The number of thiol groups is 1. The molecule has 0 amide bonds. The van der Waals surface area contributed by atoms with Crippen molar-refractivity contribution < 1.29 is 9.84 Å². The van der Waals surface area contributed by atoms with Gasteiger partial charge in [0, 0.05) is 17.2 Å². The van der Waals surface area contributed by atoms with Gasteiger partial charge in [0.2, 0.25) is 0 Å². The van der Waals surface area contributed by atoms with Crippen molar-refractivity contribution in [3.05, 3.63) is 24.3 Å². The second-order valence-electron chi connectivity index (χ2n) is 2.61. The Morgan fingerprint density at radius 1 is 1.50 bits per heavy atom. The van der Waals surface area contributed by atoms with Crippen LogP contribution in [0.1, 0.15) is 13.8 Å². The Kier molecular flexibility index (Phi) is 7.28. The number of aliphatic hydroxyl groups excluding tert-OH is 1. The average Bonchev–Trinajstić information content (AvgIpc) is 2.11. The lowest BCUT2D eigenvalue weighted by Crippen LogP contribution is -2.04. The second-order valence-corrected chi connectivity index (χ2v) is 3.10. The van der Waals surface area contributed by atoms with Gasteiger partial charge in [-0.25, -0.2) is 0 Å². The molecule has 0 heterocycles. The van der Waals surface area contributed by atoms with Crippen molar-refractivity contribution in [1.29, 1.82) is 0 Å². The zero-order valence-corrected chi connectivity index (χ0v) is 9.37. The maximum absolute atomic E-state index is 8.33. The minimum atomic E-state index is -0.602. The fourth-order valence-electron chi connectivity index (χ4n) is 0.729. The largest absolute Gasteiger partial charge is 0.398 e. The number of nitrogens with two attached hydrogens (primary N) is 1. The van der Waals surface area contributed by atoms with Gasteiger partial charge in [-0.05, 0) is 26.0 Å². The van der Waals surface area contributed by atoms with Gasteiger partial charge in [0.15, 0.2) is 6.29 Å². The van der Waals surface area contributed by atoms with E-state index < -0.39 is 6.29 Å². The average molecular weight is 215 g/mol. The van der Waals surface area contributed by atoms with Crippen LogP contribution in [0.3, 0.4) is 0 Å². The van der Waals surface area contributed by atoms with Gasteiger partial charge in [-0.3, -0.25) is 0 Å². The first-order valence-corrected chi connectivity index (χ1v) is 4.85. The van der Waals surface area contributed by atoms with Crippen LogP contribution >= 0.6 is 12.6 Å². The molecule has 3 N–H and O–H groups in total. The highest BCUT2D eigenvalue weighted by molar-refractivity contribution is 7.80. The topological polar surface area (TPSA) is 55.5 Å². The van der Waals surface area contributed by atoms with E-state index in [1.165, 1.54) is 0 Å². The lowest BCUT2D eigenvalue weighted by molar-refractivity contribution is -0.0800. The van der Waals surface area contributed by atoms with Crippen molar-refractivity contribution in [3.63, 3.8) is 0 Å². The Bertz CT molecular complexity index is 233. The Hall–Kier alpha value is -0.710. The SMILES string of the molecule is CCOC(C)O.Nc1ccccc1S. The first kappa shape index (κ1) is 13.3. The molecular weight excluding hydrogens is 198 g/mol. The van der Waals surface area contributed by atoms with Crippen LogP contribution in [0.25, 0.3) is 0 Å². The quantitative estimate of drug-likeness (QED) is 0.401. The molecule has 1 unspecified atom stereocenters. The standard InChI is InChI=1S/C6H7NS.C4H10O2/c7-5-3-1-2-4-6(5)8;1-3-6-4(2)5/h1-4,8H,7H2;4-5H,3H2,1-2H3. The first-order chi connectivity index (χ1) is 6.57. The van der Waals surface area contributed by atoms with E-state index in [1.54, 1.807) is 6.92 Å². The van der Waals surface area contributed by atoms with E-state index in [0.717, 1.165) is 10.6 Å². The molecule has 1 rings (SSSR count). The van der Waals surface area contributed by atoms with Crippen molar-refractivity contribution in [2.45, 2.75) is 25.0 Å². The molecule has 0 aliphatic rings. The Morgan fingerprint density at radius 3 is 2.29 bits per heavy atom. The highest BCUT2D eigenvalue weighted by Gasteiger charge is 1.86. The van der Waals surface area contributed by atoms with Crippen LogP contribution in [-0.4, -0.2) is 18.0 Å². The molecule has 1 atom stereocenters. The summed E-state index contributed by atoms with van der Waals surface area (Å²) >= 11 is 4.07. The van der Waals surface area contributed by atoms with Gasteiger partial charge in [-0.2, -0.15) is 0 Å². The molecule has 80 valence electrons. The molecular formula is C10H17NO2S.